The highest BCUT2D eigenvalue weighted by atomic mass is 16.5. The van der Waals surface area contributed by atoms with Crippen molar-refractivity contribution in [3.8, 4) is 0 Å². The number of ether oxygens (including phenoxy) is 1. The van der Waals surface area contributed by atoms with Gasteiger partial charge in [-0.2, -0.15) is 0 Å². The van der Waals surface area contributed by atoms with E-state index in [9.17, 15) is 0 Å². The summed E-state index contributed by atoms with van der Waals surface area (Å²) in [5.41, 5.74) is 0. The largest absolute Gasteiger partial charge is 0.383 e. The monoisotopic (exact) mass is 179 g/mol. The second-order valence-corrected chi connectivity index (χ2v) is 3.14. The SMILES string of the molecule is COCC1CCN1c1ncccn1. The standard InChI is InChI=1S/C9H13N3O/c1-13-7-8-3-6-12(8)9-10-4-2-5-11-9/h2,4-5,8H,3,6-7H2,1H3. The minimum atomic E-state index is 0.465. The molecule has 0 amide bonds. The molecule has 1 saturated heterocycles. The first-order chi connectivity index (χ1) is 6.42. The normalized spacial score (nSPS) is 21.3. The Balaban J connectivity index is 2.02. The quantitative estimate of drug-likeness (QED) is 0.684. The molecule has 1 aliphatic rings. The van der Waals surface area contributed by atoms with Gasteiger partial charge >= 0.3 is 0 Å². The van der Waals surface area contributed by atoms with E-state index in [2.05, 4.69) is 14.9 Å². The summed E-state index contributed by atoms with van der Waals surface area (Å²) in [6.45, 7) is 1.80. The van der Waals surface area contributed by atoms with Gasteiger partial charge < -0.3 is 9.64 Å². The predicted molar refractivity (Wildman–Crippen MR) is 49.7 cm³/mol. The van der Waals surface area contributed by atoms with E-state index < -0.39 is 0 Å². The first kappa shape index (κ1) is 8.44. The Kier molecular flexibility index (Phi) is 2.40. The van der Waals surface area contributed by atoms with E-state index in [-0.39, 0.29) is 0 Å². The zero-order valence-corrected chi connectivity index (χ0v) is 7.68. The molecule has 4 heteroatoms. The first-order valence-corrected chi connectivity index (χ1v) is 4.44. The molecular weight excluding hydrogens is 166 g/mol. The van der Waals surface area contributed by atoms with Crippen molar-refractivity contribution in [3.63, 3.8) is 0 Å². The van der Waals surface area contributed by atoms with E-state index in [1.54, 1.807) is 19.5 Å². The Bertz CT molecular complexity index is 265. The smallest absolute Gasteiger partial charge is 0.225 e. The molecule has 0 bridgehead atoms. The Labute approximate surface area is 77.6 Å². The molecule has 4 nitrogen and oxygen atoms in total. The van der Waals surface area contributed by atoms with Crippen molar-refractivity contribution in [1.29, 1.82) is 0 Å². The first-order valence-electron chi connectivity index (χ1n) is 4.44. The van der Waals surface area contributed by atoms with Crippen molar-refractivity contribution in [2.24, 2.45) is 0 Å². The molecule has 0 spiro atoms. The fraction of sp³-hybridized carbons (Fsp3) is 0.556. The van der Waals surface area contributed by atoms with Gasteiger partial charge in [-0.3, -0.25) is 0 Å². The average molecular weight is 179 g/mol. The highest BCUT2D eigenvalue weighted by Gasteiger charge is 2.29. The maximum Gasteiger partial charge on any atom is 0.225 e. The van der Waals surface area contributed by atoms with Crippen LogP contribution in [-0.2, 0) is 4.74 Å². The number of rotatable bonds is 3. The highest BCUT2D eigenvalue weighted by molar-refractivity contribution is 5.34. The number of nitrogens with zero attached hydrogens (tertiary/aromatic N) is 3. The number of hydrogen-bond donors (Lipinski definition) is 0. The maximum absolute atomic E-state index is 5.10. The van der Waals surface area contributed by atoms with Gasteiger partial charge in [0.15, 0.2) is 0 Å². The number of methoxy groups -OCH3 is 1. The van der Waals surface area contributed by atoms with Crippen LogP contribution in [0.1, 0.15) is 6.42 Å². The van der Waals surface area contributed by atoms with Gasteiger partial charge in [0.25, 0.3) is 0 Å². The van der Waals surface area contributed by atoms with Crippen molar-refractivity contribution in [1.82, 2.24) is 9.97 Å². The number of hydrogen-bond acceptors (Lipinski definition) is 4. The predicted octanol–water partition coefficient (Wildman–Crippen LogP) is 0.702. The van der Waals surface area contributed by atoms with Crippen molar-refractivity contribution >= 4 is 5.95 Å². The lowest BCUT2D eigenvalue weighted by Crippen LogP contribution is -2.51. The van der Waals surface area contributed by atoms with Gasteiger partial charge in [0, 0.05) is 26.0 Å². The molecule has 1 aromatic heterocycles. The molecule has 2 heterocycles. The van der Waals surface area contributed by atoms with Gasteiger partial charge in [0.1, 0.15) is 0 Å². The second kappa shape index (κ2) is 3.70. The Morgan fingerprint density at radius 2 is 2.31 bits per heavy atom. The lowest BCUT2D eigenvalue weighted by molar-refractivity contribution is 0.156. The van der Waals surface area contributed by atoms with E-state index in [0.717, 1.165) is 19.1 Å². The van der Waals surface area contributed by atoms with Gasteiger partial charge in [-0.25, -0.2) is 9.97 Å². The van der Waals surface area contributed by atoms with E-state index in [1.807, 2.05) is 6.07 Å². The molecule has 2 rings (SSSR count). The topological polar surface area (TPSA) is 38.2 Å². The van der Waals surface area contributed by atoms with Crippen molar-refractivity contribution in [2.75, 3.05) is 25.2 Å². The molecule has 0 N–H and O–H groups in total. The third kappa shape index (κ3) is 1.62. The van der Waals surface area contributed by atoms with E-state index in [1.165, 1.54) is 6.42 Å². The Hall–Kier alpha value is -1.16. The lowest BCUT2D eigenvalue weighted by atomic mass is 10.1. The van der Waals surface area contributed by atoms with Crippen LogP contribution in [-0.4, -0.2) is 36.3 Å². The molecule has 1 fully saturated rings. The van der Waals surface area contributed by atoms with Crippen LogP contribution in [0.3, 0.4) is 0 Å². The zero-order valence-electron chi connectivity index (χ0n) is 7.68. The number of aromatic nitrogens is 2. The summed E-state index contributed by atoms with van der Waals surface area (Å²) >= 11 is 0. The van der Waals surface area contributed by atoms with Crippen LogP contribution in [0.25, 0.3) is 0 Å². The Morgan fingerprint density at radius 3 is 2.85 bits per heavy atom. The van der Waals surface area contributed by atoms with Crippen molar-refractivity contribution < 1.29 is 4.74 Å². The molecule has 0 radical (unpaired) electrons. The zero-order chi connectivity index (χ0) is 9.10. The van der Waals surface area contributed by atoms with Crippen LogP contribution in [0.15, 0.2) is 18.5 Å². The van der Waals surface area contributed by atoms with Gasteiger partial charge in [0.2, 0.25) is 5.95 Å². The van der Waals surface area contributed by atoms with Crippen LogP contribution < -0.4 is 4.90 Å². The van der Waals surface area contributed by atoms with Gasteiger partial charge in [-0.05, 0) is 12.5 Å². The van der Waals surface area contributed by atoms with Gasteiger partial charge in [-0.1, -0.05) is 0 Å². The van der Waals surface area contributed by atoms with Crippen LogP contribution in [0.4, 0.5) is 5.95 Å². The summed E-state index contributed by atoms with van der Waals surface area (Å²) in [4.78, 5) is 10.6. The van der Waals surface area contributed by atoms with Crippen LogP contribution in [0, 0.1) is 0 Å². The molecule has 70 valence electrons. The third-order valence-corrected chi connectivity index (χ3v) is 2.31. The van der Waals surface area contributed by atoms with Crippen LogP contribution >= 0.6 is 0 Å². The molecule has 1 aliphatic heterocycles. The molecular formula is C9H13N3O. The fourth-order valence-electron chi connectivity index (χ4n) is 1.51. The summed E-state index contributed by atoms with van der Waals surface area (Å²) in [5, 5.41) is 0. The van der Waals surface area contributed by atoms with E-state index in [0.29, 0.717) is 6.04 Å². The maximum atomic E-state index is 5.10. The third-order valence-electron chi connectivity index (χ3n) is 2.31. The van der Waals surface area contributed by atoms with Crippen molar-refractivity contribution in [2.45, 2.75) is 12.5 Å². The summed E-state index contributed by atoms with van der Waals surface area (Å²) in [6.07, 6.45) is 4.71. The number of anilines is 1. The summed E-state index contributed by atoms with van der Waals surface area (Å²) in [5.74, 6) is 0.816. The van der Waals surface area contributed by atoms with Crippen molar-refractivity contribution in [3.05, 3.63) is 18.5 Å². The van der Waals surface area contributed by atoms with Crippen LogP contribution in [0.2, 0.25) is 0 Å². The fourth-order valence-corrected chi connectivity index (χ4v) is 1.51. The summed E-state index contributed by atoms with van der Waals surface area (Å²) < 4.78 is 5.10. The Morgan fingerprint density at radius 1 is 1.54 bits per heavy atom. The van der Waals surface area contributed by atoms with Gasteiger partial charge in [0.05, 0.1) is 12.6 Å². The van der Waals surface area contributed by atoms with E-state index in [4.69, 9.17) is 4.74 Å². The van der Waals surface area contributed by atoms with Crippen LogP contribution in [0.5, 0.6) is 0 Å². The minimum absolute atomic E-state index is 0.465. The molecule has 0 aromatic carbocycles. The van der Waals surface area contributed by atoms with Gasteiger partial charge in [-0.15, -0.1) is 0 Å². The molecule has 1 unspecified atom stereocenters. The molecule has 0 aliphatic carbocycles. The lowest BCUT2D eigenvalue weighted by Gasteiger charge is -2.40. The average Bonchev–Trinajstić information content (AvgIpc) is 2.14. The molecule has 13 heavy (non-hydrogen) atoms. The second-order valence-electron chi connectivity index (χ2n) is 3.14. The molecule has 1 aromatic rings. The summed E-state index contributed by atoms with van der Waals surface area (Å²) in [7, 11) is 1.72. The highest BCUT2D eigenvalue weighted by Crippen LogP contribution is 2.22. The minimum Gasteiger partial charge on any atom is -0.383 e. The summed E-state index contributed by atoms with van der Waals surface area (Å²) in [6, 6.07) is 2.29. The molecule has 1 atom stereocenters. The molecule has 0 saturated carbocycles. The van der Waals surface area contributed by atoms with E-state index >= 15 is 0 Å².